The normalized spacial score (nSPS) is 13.2. The molecule has 0 saturated carbocycles. The lowest BCUT2D eigenvalue weighted by atomic mass is 10.4. The van der Waals surface area contributed by atoms with E-state index >= 15 is 0 Å². The summed E-state index contributed by atoms with van der Waals surface area (Å²) in [5, 5.41) is 5.21. The summed E-state index contributed by atoms with van der Waals surface area (Å²) in [4.78, 5) is 31.0. The van der Waals surface area contributed by atoms with Crippen LogP contribution in [-0.4, -0.2) is 83.2 Å². The second-order valence-corrected chi connectivity index (χ2v) is 6.46. The van der Waals surface area contributed by atoms with Crippen LogP contribution in [0.5, 0.6) is 0 Å². The lowest BCUT2D eigenvalue weighted by molar-refractivity contribution is -0.121. The maximum atomic E-state index is 11.4. The van der Waals surface area contributed by atoms with E-state index in [1.54, 1.807) is 0 Å². The Bertz CT molecular complexity index is 437. The lowest BCUT2D eigenvalue weighted by Crippen LogP contribution is -2.31. The van der Waals surface area contributed by atoms with Crippen LogP contribution in [0.1, 0.15) is 13.3 Å². The van der Waals surface area contributed by atoms with Gasteiger partial charge in [0.25, 0.3) is 0 Å². The first-order chi connectivity index (χ1) is 12.4. The van der Waals surface area contributed by atoms with Gasteiger partial charge in [-0.25, -0.2) is 4.57 Å². The van der Waals surface area contributed by atoms with Crippen molar-refractivity contribution in [1.82, 2.24) is 10.6 Å². The summed E-state index contributed by atoms with van der Waals surface area (Å²) in [6.45, 7) is 3.99. The zero-order chi connectivity index (χ0) is 19.7. The number of carbonyl (C=O) groups excluding carboxylic acids is 2. The van der Waals surface area contributed by atoms with E-state index in [1.807, 2.05) is 0 Å². The quantitative estimate of drug-likeness (QED) is 0.216. The van der Waals surface area contributed by atoms with Crippen molar-refractivity contribution in [3.05, 3.63) is 0 Å². The number of rotatable bonds is 17. The number of hydrogen-bond acceptors (Lipinski definition) is 8. The number of carbonyl (C=O) groups is 2. The molecule has 12 heteroatoms. The summed E-state index contributed by atoms with van der Waals surface area (Å²) in [7, 11) is -2.86. The molecule has 0 spiro atoms. The van der Waals surface area contributed by atoms with E-state index in [-0.39, 0.29) is 31.4 Å². The monoisotopic (exact) mass is 400 g/mol. The number of phosphoric ester groups is 1. The molecule has 11 nitrogen and oxygen atoms in total. The standard InChI is InChI=1S/C14H29N2O9P/c1-13(17)15-4-3-14(18)16-5-6-22-7-8-23-9-10-24-11-12-25-26(19,20)21-2/h3-12H2,1-2H3,(H,15,17)(H,16,18)(H,19,20). The van der Waals surface area contributed by atoms with Crippen LogP contribution in [-0.2, 0) is 37.4 Å². The number of nitrogens with one attached hydrogen (secondary N) is 2. The van der Waals surface area contributed by atoms with Gasteiger partial charge in [-0.2, -0.15) is 0 Å². The van der Waals surface area contributed by atoms with Gasteiger partial charge in [-0.05, 0) is 0 Å². The van der Waals surface area contributed by atoms with Crippen LogP contribution in [0.15, 0.2) is 0 Å². The van der Waals surface area contributed by atoms with Crippen LogP contribution in [0, 0.1) is 0 Å². The van der Waals surface area contributed by atoms with Crippen LogP contribution in [0.4, 0.5) is 0 Å². The third kappa shape index (κ3) is 17.7. The van der Waals surface area contributed by atoms with E-state index in [0.717, 1.165) is 7.11 Å². The number of phosphoric acid groups is 1. The highest BCUT2D eigenvalue weighted by molar-refractivity contribution is 7.47. The van der Waals surface area contributed by atoms with Gasteiger partial charge >= 0.3 is 7.82 Å². The third-order valence-electron chi connectivity index (χ3n) is 2.75. The van der Waals surface area contributed by atoms with Gasteiger partial charge < -0.3 is 29.7 Å². The van der Waals surface area contributed by atoms with Crippen molar-refractivity contribution in [2.24, 2.45) is 0 Å². The fourth-order valence-corrected chi connectivity index (χ4v) is 1.92. The molecule has 0 aromatic carbocycles. The topological polar surface area (TPSA) is 142 Å². The Labute approximate surface area is 153 Å². The van der Waals surface area contributed by atoms with E-state index in [9.17, 15) is 14.2 Å². The zero-order valence-electron chi connectivity index (χ0n) is 15.2. The number of amides is 2. The summed E-state index contributed by atoms with van der Waals surface area (Å²) in [5.41, 5.74) is 0. The molecule has 0 saturated heterocycles. The molecule has 0 aromatic rings. The highest BCUT2D eigenvalue weighted by Crippen LogP contribution is 2.41. The molecule has 1 unspecified atom stereocenters. The molecule has 154 valence electrons. The largest absolute Gasteiger partial charge is 0.471 e. The summed E-state index contributed by atoms with van der Waals surface area (Å²) >= 11 is 0. The Kier molecular flexibility index (Phi) is 15.5. The molecule has 0 fully saturated rings. The van der Waals surface area contributed by atoms with E-state index < -0.39 is 7.82 Å². The van der Waals surface area contributed by atoms with Crippen molar-refractivity contribution >= 4 is 19.6 Å². The molecule has 0 aliphatic carbocycles. The minimum absolute atomic E-state index is 0.0543. The van der Waals surface area contributed by atoms with Gasteiger partial charge in [0.2, 0.25) is 11.8 Å². The maximum absolute atomic E-state index is 11.4. The maximum Gasteiger partial charge on any atom is 0.471 e. The van der Waals surface area contributed by atoms with E-state index in [4.69, 9.17) is 19.1 Å². The van der Waals surface area contributed by atoms with E-state index in [2.05, 4.69) is 19.7 Å². The lowest BCUT2D eigenvalue weighted by Gasteiger charge is -2.09. The second-order valence-electron chi connectivity index (χ2n) is 4.90. The average Bonchev–Trinajstić information content (AvgIpc) is 2.58. The molecule has 0 rings (SSSR count). The van der Waals surface area contributed by atoms with Crippen molar-refractivity contribution in [3.8, 4) is 0 Å². The van der Waals surface area contributed by atoms with Crippen molar-refractivity contribution in [2.45, 2.75) is 13.3 Å². The Hall–Kier alpha value is -1.07. The third-order valence-corrected chi connectivity index (χ3v) is 3.72. The molecule has 2 amide bonds. The van der Waals surface area contributed by atoms with Crippen molar-refractivity contribution in [3.63, 3.8) is 0 Å². The van der Waals surface area contributed by atoms with Gasteiger partial charge in [0.05, 0.1) is 46.2 Å². The first kappa shape index (κ1) is 24.9. The van der Waals surface area contributed by atoms with E-state index in [0.29, 0.717) is 46.1 Å². The van der Waals surface area contributed by atoms with Crippen molar-refractivity contribution < 1.29 is 42.3 Å². The smallest absolute Gasteiger partial charge is 0.377 e. The van der Waals surface area contributed by atoms with Gasteiger partial charge in [-0.1, -0.05) is 0 Å². The van der Waals surface area contributed by atoms with Gasteiger partial charge in [0.1, 0.15) is 0 Å². The first-order valence-electron chi connectivity index (χ1n) is 8.15. The average molecular weight is 400 g/mol. The molecular weight excluding hydrogens is 371 g/mol. The van der Waals surface area contributed by atoms with Crippen LogP contribution in [0.3, 0.4) is 0 Å². The molecule has 3 N–H and O–H groups in total. The summed E-state index contributed by atoms with van der Waals surface area (Å²) in [5.74, 6) is -0.315. The molecule has 26 heavy (non-hydrogen) atoms. The van der Waals surface area contributed by atoms with Crippen LogP contribution < -0.4 is 10.6 Å². The van der Waals surface area contributed by atoms with Crippen LogP contribution in [0.2, 0.25) is 0 Å². The second kappa shape index (κ2) is 16.1. The summed E-state index contributed by atoms with van der Waals surface area (Å²) in [6.07, 6.45) is 0.231. The van der Waals surface area contributed by atoms with Gasteiger partial charge in [-0.15, -0.1) is 0 Å². The molecular formula is C14H29N2O9P. The fourth-order valence-electron chi connectivity index (χ4n) is 1.51. The molecule has 0 aromatic heterocycles. The van der Waals surface area contributed by atoms with Crippen molar-refractivity contribution in [1.29, 1.82) is 0 Å². The van der Waals surface area contributed by atoms with Gasteiger partial charge in [0.15, 0.2) is 0 Å². The predicted molar refractivity (Wildman–Crippen MR) is 91.6 cm³/mol. The zero-order valence-corrected chi connectivity index (χ0v) is 16.1. The summed E-state index contributed by atoms with van der Waals surface area (Å²) < 4.78 is 35.4. The van der Waals surface area contributed by atoms with Crippen molar-refractivity contribution in [2.75, 3.05) is 66.4 Å². The summed E-state index contributed by atoms with van der Waals surface area (Å²) in [6, 6.07) is 0. The molecule has 0 heterocycles. The van der Waals surface area contributed by atoms with Crippen LogP contribution in [0.25, 0.3) is 0 Å². The number of ether oxygens (including phenoxy) is 3. The highest BCUT2D eigenvalue weighted by atomic mass is 31.2. The minimum atomic E-state index is -3.94. The van der Waals surface area contributed by atoms with E-state index in [1.165, 1.54) is 6.92 Å². The minimum Gasteiger partial charge on any atom is -0.377 e. The molecule has 0 radical (unpaired) electrons. The Morgan fingerprint density at radius 3 is 1.96 bits per heavy atom. The van der Waals surface area contributed by atoms with Gasteiger partial charge in [0, 0.05) is 33.5 Å². The Morgan fingerprint density at radius 1 is 0.885 bits per heavy atom. The molecule has 0 bridgehead atoms. The fraction of sp³-hybridized carbons (Fsp3) is 0.857. The Morgan fingerprint density at radius 2 is 1.42 bits per heavy atom. The highest BCUT2D eigenvalue weighted by Gasteiger charge is 2.17. The first-order valence-corrected chi connectivity index (χ1v) is 9.64. The Balaban J connectivity index is 3.23. The SMILES string of the molecule is COP(=O)(O)OCCOCCOCCOCCNC(=O)CCNC(C)=O. The number of hydrogen-bond donors (Lipinski definition) is 3. The van der Waals surface area contributed by atoms with Gasteiger partial charge in [-0.3, -0.25) is 18.6 Å². The van der Waals surface area contributed by atoms with Crippen LogP contribution >= 0.6 is 7.82 Å². The molecule has 1 atom stereocenters. The predicted octanol–water partition coefficient (Wildman–Crippen LogP) is -0.558. The molecule has 0 aliphatic rings. The molecule has 0 aliphatic heterocycles.